The van der Waals surface area contributed by atoms with Gasteiger partial charge < -0.3 is 9.74 Å². The maximum atomic E-state index is 12.1. The lowest BCUT2D eigenvalue weighted by molar-refractivity contribution is -0.132. The van der Waals surface area contributed by atoms with Gasteiger partial charge in [-0.25, -0.2) is 5.90 Å². The molecular weight excluding hydrogens is 228 g/mol. The highest BCUT2D eigenvalue weighted by atomic mass is 16.6. The van der Waals surface area contributed by atoms with Crippen molar-refractivity contribution in [3.8, 4) is 0 Å². The minimum absolute atomic E-state index is 0.216. The van der Waals surface area contributed by atoms with E-state index in [-0.39, 0.29) is 5.91 Å². The van der Waals surface area contributed by atoms with Crippen molar-refractivity contribution >= 4 is 5.91 Å². The number of piperidine rings is 1. The number of hydrogen-bond acceptors (Lipinski definition) is 3. The summed E-state index contributed by atoms with van der Waals surface area (Å²) in [7, 11) is 0. The summed E-state index contributed by atoms with van der Waals surface area (Å²) in [4.78, 5) is 18.7. The Balaban J connectivity index is 1.81. The fourth-order valence-electron chi connectivity index (χ4n) is 2.37. The predicted molar refractivity (Wildman–Crippen MR) is 69.6 cm³/mol. The first-order valence-electron chi connectivity index (χ1n) is 6.43. The fraction of sp³-hybridized carbons (Fsp3) is 0.500. The maximum Gasteiger partial charge on any atom is 0.226 e. The number of carbonyl (C=O) groups excluding carboxylic acids is 1. The van der Waals surface area contributed by atoms with E-state index in [2.05, 4.69) is 4.84 Å². The molecule has 0 aromatic heterocycles. The molecule has 0 spiro atoms. The molecule has 2 N–H and O–H groups in total. The van der Waals surface area contributed by atoms with E-state index < -0.39 is 0 Å². The van der Waals surface area contributed by atoms with Crippen LogP contribution in [0.3, 0.4) is 0 Å². The Labute approximate surface area is 108 Å². The molecule has 4 nitrogen and oxygen atoms in total. The normalized spacial score (nSPS) is 16.8. The number of benzene rings is 1. The summed E-state index contributed by atoms with van der Waals surface area (Å²) in [5.41, 5.74) is 1.08. The van der Waals surface area contributed by atoms with Gasteiger partial charge in [0.2, 0.25) is 5.91 Å². The molecule has 0 atom stereocenters. The van der Waals surface area contributed by atoms with Crippen LogP contribution in [0.5, 0.6) is 0 Å². The Morgan fingerprint density at radius 1 is 1.28 bits per heavy atom. The molecule has 0 saturated carbocycles. The number of likely N-dealkylation sites (tertiary alicyclic amines) is 1. The van der Waals surface area contributed by atoms with Crippen molar-refractivity contribution in [1.29, 1.82) is 0 Å². The number of nitrogens with zero attached hydrogens (tertiary/aromatic N) is 1. The van der Waals surface area contributed by atoms with Gasteiger partial charge in [-0.3, -0.25) is 4.79 Å². The van der Waals surface area contributed by atoms with E-state index in [0.29, 0.717) is 18.9 Å². The molecule has 0 unspecified atom stereocenters. The van der Waals surface area contributed by atoms with Crippen molar-refractivity contribution < 1.29 is 9.63 Å². The molecule has 0 bridgehead atoms. The molecule has 18 heavy (non-hydrogen) atoms. The summed E-state index contributed by atoms with van der Waals surface area (Å²) in [6.45, 7) is 2.24. The van der Waals surface area contributed by atoms with E-state index in [9.17, 15) is 4.79 Å². The molecular formula is C14H20N2O2. The van der Waals surface area contributed by atoms with Crippen LogP contribution in [0.25, 0.3) is 0 Å². The molecule has 1 aromatic carbocycles. The Morgan fingerprint density at radius 3 is 2.56 bits per heavy atom. The zero-order valence-electron chi connectivity index (χ0n) is 10.5. The molecule has 1 aliphatic rings. The quantitative estimate of drug-likeness (QED) is 0.818. The Hall–Kier alpha value is -1.39. The number of amides is 1. The monoisotopic (exact) mass is 248 g/mol. The standard InChI is InChI=1S/C14H20N2O2/c15-18-11-13-6-8-16(9-7-13)14(17)10-12-4-2-1-3-5-12/h1-5,13H,6-11,15H2. The second-order valence-corrected chi connectivity index (χ2v) is 4.82. The number of nitrogens with two attached hydrogens (primary N) is 1. The summed E-state index contributed by atoms with van der Waals surface area (Å²) < 4.78 is 0. The smallest absolute Gasteiger partial charge is 0.226 e. The molecule has 1 saturated heterocycles. The van der Waals surface area contributed by atoms with Crippen LogP contribution in [0.4, 0.5) is 0 Å². The van der Waals surface area contributed by atoms with Crippen LogP contribution in [-0.2, 0) is 16.1 Å². The van der Waals surface area contributed by atoms with Gasteiger partial charge in [0.15, 0.2) is 0 Å². The Morgan fingerprint density at radius 2 is 1.94 bits per heavy atom. The Bertz CT molecular complexity index is 373. The molecule has 1 fully saturated rings. The lowest BCUT2D eigenvalue weighted by Gasteiger charge is -2.31. The number of carbonyl (C=O) groups is 1. The lowest BCUT2D eigenvalue weighted by atomic mass is 9.97. The van der Waals surface area contributed by atoms with E-state index in [1.165, 1.54) is 0 Å². The van der Waals surface area contributed by atoms with Crippen molar-refractivity contribution in [3.05, 3.63) is 35.9 Å². The molecule has 98 valence electrons. The molecule has 0 radical (unpaired) electrons. The SMILES string of the molecule is NOCC1CCN(C(=O)Cc2ccccc2)CC1. The van der Waals surface area contributed by atoms with Crippen LogP contribution < -0.4 is 5.90 Å². The largest absolute Gasteiger partial charge is 0.342 e. The van der Waals surface area contributed by atoms with Gasteiger partial charge in [0.1, 0.15) is 0 Å². The third-order valence-corrected chi connectivity index (χ3v) is 3.50. The summed E-state index contributed by atoms with van der Waals surface area (Å²) in [5, 5.41) is 0. The summed E-state index contributed by atoms with van der Waals surface area (Å²) >= 11 is 0. The van der Waals surface area contributed by atoms with Crippen LogP contribution in [0.2, 0.25) is 0 Å². The van der Waals surface area contributed by atoms with E-state index in [0.717, 1.165) is 31.5 Å². The van der Waals surface area contributed by atoms with Crippen molar-refractivity contribution in [1.82, 2.24) is 4.90 Å². The van der Waals surface area contributed by atoms with Gasteiger partial charge in [-0.05, 0) is 24.3 Å². The second-order valence-electron chi connectivity index (χ2n) is 4.82. The van der Waals surface area contributed by atoms with Crippen molar-refractivity contribution in [3.63, 3.8) is 0 Å². The average molecular weight is 248 g/mol. The summed E-state index contributed by atoms with van der Waals surface area (Å²) in [6.07, 6.45) is 2.47. The molecule has 0 aliphatic carbocycles. The zero-order valence-corrected chi connectivity index (χ0v) is 10.5. The minimum atomic E-state index is 0.216. The molecule has 4 heteroatoms. The molecule has 1 aromatic rings. The number of hydrogen-bond donors (Lipinski definition) is 1. The van der Waals surface area contributed by atoms with Gasteiger partial charge in [0, 0.05) is 13.1 Å². The van der Waals surface area contributed by atoms with Crippen molar-refractivity contribution in [2.75, 3.05) is 19.7 Å². The molecule has 2 rings (SSSR count). The first-order valence-corrected chi connectivity index (χ1v) is 6.43. The van der Waals surface area contributed by atoms with Gasteiger partial charge in [-0.1, -0.05) is 30.3 Å². The molecule has 1 aliphatic heterocycles. The first-order chi connectivity index (χ1) is 8.79. The Kier molecular flexibility index (Phi) is 4.73. The number of rotatable bonds is 4. The van der Waals surface area contributed by atoms with Gasteiger partial charge in [0.25, 0.3) is 0 Å². The third kappa shape index (κ3) is 3.55. The van der Waals surface area contributed by atoms with Crippen molar-refractivity contribution in [2.24, 2.45) is 11.8 Å². The van der Waals surface area contributed by atoms with Crippen LogP contribution in [-0.4, -0.2) is 30.5 Å². The van der Waals surface area contributed by atoms with E-state index in [1.54, 1.807) is 0 Å². The van der Waals surface area contributed by atoms with E-state index >= 15 is 0 Å². The molecule has 1 heterocycles. The highest BCUT2D eigenvalue weighted by Gasteiger charge is 2.22. The average Bonchev–Trinajstić information content (AvgIpc) is 2.41. The summed E-state index contributed by atoms with van der Waals surface area (Å²) in [6, 6.07) is 9.88. The maximum absolute atomic E-state index is 12.1. The van der Waals surface area contributed by atoms with Gasteiger partial charge in [-0.2, -0.15) is 0 Å². The minimum Gasteiger partial charge on any atom is -0.342 e. The van der Waals surface area contributed by atoms with E-state index in [1.807, 2.05) is 35.2 Å². The first kappa shape index (κ1) is 13.1. The van der Waals surface area contributed by atoms with Gasteiger partial charge in [0.05, 0.1) is 13.0 Å². The topological polar surface area (TPSA) is 55.6 Å². The second kappa shape index (κ2) is 6.52. The van der Waals surface area contributed by atoms with Crippen LogP contribution in [0.1, 0.15) is 18.4 Å². The van der Waals surface area contributed by atoms with Crippen LogP contribution in [0.15, 0.2) is 30.3 Å². The van der Waals surface area contributed by atoms with Crippen LogP contribution >= 0.6 is 0 Å². The van der Waals surface area contributed by atoms with Crippen LogP contribution in [0, 0.1) is 5.92 Å². The third-order valence-electron chi connectivity index (χ3n) is 3.50. The summed E-state index contributed by atoms with van der Waals surface area (Å²) in [5.74, 6) is 5.79. The highest BCUT2D eigenvalue weighted by Crippen LogP contribution is 2.17. The highest BCUT2D eigenvalue weighted by molar-refractivity contribution is 5.78. The van der Waals surface area contributed by atoms with Gasteiger partial charge in [-0.15, -0.1) is 0 Å². The predicted octanol–water partition coefficient (Wildman–Crippen LogP) is 1.36. The fourth-order valence-corrected chi connectivity index (χ4v) is 2.37. The van der Waals surface area contributed by atoms with Crippen molar-refractivity contribution in [2.45, 2.75) is 19.3 Å². The lowest BCUT2D eigenvalue weighted by Crippen LogP contribution is -2.40. The molecule has 1 amide bonds. The van der Waals surface area contributed by atoms with E-state index in [4.69, 9.17) is 5.90 Å². The zero-order chi connectivity index (χ0) is 12.8. The van der Waals surface area contributed by atoms with Gasteiger partial charge >= 0.3 is 0 Å².